The molecule has 0 N–H and O–H groups in total. The van der Waals surface area contributed by atoms with Gasteiger partial charge in [-0.05, 0) is 23.7 Å². The molecule has 128 valence electrons. The zero-order chi connectivity index (χ0) is 17.4. The highest BCUT2D eigenvalue weighted by atomic mass is 28.4. The van der Waals surface area contributed by atoms with Gasteiger partial charge in [0, 0.05) is 12.0 Å². The van der Waals surface area contributed by atoms with Crippen molar-refractivity contribution in [3.63, 3.8) is 0 Å². The lowest BCUT2D eigenvalue weighted by Crippen LogP contribution is -2.37. The van der Waals surface area contributed by atoms with E-state index in [1.807, 2.05) is 48.5 Å². The largest absolute Gasteiger partial charge is 0.409 e. The summed E-state index contributed by atoms with van der Waals surface area (Å²) in [6, 6.07) is 23.0. The maximum Gasteiger partial charge on any atom is 0.192 e. The molecule has 2 aromatic rings. The summed E-state index contributed by atoms with van der Waals surface area (Å²) < 4.78 is 6.68. The van der Waals surface area contributed by atoms with Crippen LogP contribution in [0.1, 0.15) is 49.2 Å². The first-order chi connectivity index (χ1) is 11.6. The Morgan fingerprint density at radius 2 is 1.38 bits per heavy atom. The molecule has 0 saturated heterocycles. The van der Waals surface area contributed by atoms with Crippen molar-refractivity contribution in [2.24, 2.45) is 0 Å². The molecule has 2 rings (SSSR count). The number of Topliss-reactive ketones (excluding diaryl/α,β-unsaturated/α-hetero) is 1. The van der Waals surface area contributed by atoms with Gasteiger partial charge < -0.3 is 4.43 Å². The molecule has 0 radical (unpaired) electrons. The van der Waals surface area contributed by atoms with Crippen LogP contribution >= 0.6 is 0 Å². The first kappa shape index (κ1) is 18.6. The molecular formula is C21H28O2Si. The average Bonchev–Trinajstić information content (AvgIpc) is 2.66. The van der Waals surface area contributed by atoms with Gasteiger partial charge in [-0.15, -0.1) is 0 Å². The maximum atomic E-state index is 12.7. The monoisotopic (exact) mass is 340 g/mol. The van der Waals surface area contributed by atoms with Crippen LogP contribution in [0.3, 0.4) is 0 Å². The van der Waals surface area contributed by atoms with Gasteiger partial charge in [0.05, 0.1) is 6.10 Å². The second-order valence-electron chi connectivity index (χ2n) is 6.25. The Hall–Kier alpha value is -1.71. The highest BCUT2D eigenvalue weighted by Crippen LogP contribution is 2.32. The Kier molecular flexibility index (Phi) is 6.94. The van der Waals surface area contributed by atoms with E-state index in [1.165, 1.54) is 0 Å². The van der Waals surface area contributed by atoms with E-state index in [1.54, 1.807) is 0 Å². The predicted molar refractivity (Wildman–Crippen MR) is 103 cm³/mol. The quantitative estimate of drug-likeness (QED) is 0.412. The first-order valence-corrected chi connectivity index (χ1v) is 11.5. The molecular weight excluding hydrogens is 312 g/mol. The van der Waals surface area contributed by atoms with Crippen LogP contribution in [0.4, 0.5) is 0 Å². The van der Waals surface area contributed by atoms with Gasteiger partial charge in [-0.2, -0.15) is 0 Å². The number of carbonyl (C=O) groups excluding carboxylic acids is 1. The van der Waals surface area contributed by atoms with E-state index < -0.39 is 8.32 Å². The van der Waals surface area contributed by atoms with Gasteiger partial charge in [0.15, 0.2) is 14.1 Å². The highest BCUT2D eigenvalue weighted by molar-refractivity contribution is 6.73. The second-order valence-corrected chi connectivity index (χ2v) is 11.0. The summed E-state index contributed by atoms with van der Waals surface area (Å²) in [6.45, 7) is 6.67. The van der Waals surface area contributed by atoms with Crippen LogP contribution < -0.4 is 0 Å². The molecule has 3 heteroatoms. The fourth-order valence-electron chi connectivity index (χ4n) is 3.11. The Morgan fingerprint density at radius 1 is 0.875 bits per heavy atom. The zero-order valence-corrected chi connectivity index (χ0v) is 16.0. The second kappa shape index (κ2) is 8.95. The minimum atomic E-state index is -1.78. The van der Waals surface area contributed by atoms with Crippen LogP contribution in [0.2, 0.25) is 18.1 Å². The van der Waals surface area contributed by atoms with Gasteiger partial charge in [0.2, 0.25) is 0 Å². The number of hydrogen-bond donors (Lipinski definition) is 0. The summed E-state index contributed by atoms with van der Waals surface area (Å²) in [7, 11) is -1.78. The van der Waals surface area contributed by atoms with Crippen LogP contribution in [-0.2, 0) is 4.43 Å². The molecule has 0 heterocycles. The SMILES string of the molecule is CC[Si](CC)(CC)O[C@H](CC(=O)c1ccccc1)c1ccccc1. The summed E-state index contributed by atoms with van der Waals surface area (Å²) in [5, 5.41) is 0. The van der Waals surface area contributed by atoms with E-state index in [0.717, 1.165) is 29.3 Å². The molecule has 0 aromatic heterocycles. The third-order valence-electron chi connectivity index (χ3n) is 4.96. The van der Waals surface area contributed by atoms with E-state index in [9.17, 15) is 4.79 Å². The van der Waals surface area contributed by atoms with Crippen LogP contribution in [-0.4, -0.2) is 14.1 Å². The predicted octanol–water partition coefficient (Wildman–Crippen LogP) is 6.02. The fourth-order valence-corrected chi connectivity index (χ4v) is 5.93. The van der Waals surface area contributed by atoms with Crippen LogP contribution in [0.15, 0.2) is 60.7 Å². The molecule has 0 amide bonds. The van der Waals surface area contributed by atoms with Gasteiger partial charge in [-0.1, -0.05) is 81.4 Å². The van der Waals surface area contributed by atoms with Gasteiger partial charge in [-0.3, -0.25) is 4.79 Å². The average molecular weight is 341 g/mol. The number of rotatable bonds is 9. The van der Waals surface area contributed by atoms with E-state index in [4.69, 9.17) is 4.43 Å². The van der Waals surface area contributed by atoms with Crippen LogP contribution in [0.5, 0.6) is 0 Å². The van der Waals surface area contributed by atoms with Crippen LogP contribution in [0.25, 0.3) is 0 Å². The number of hydrogen-bond acceptors (Lipinski definition) is 2. The molecule has 0 aliphatic heterocycles. The lowest BCUT2D eigenvalue weighted by atomic mass is 10.0. The van der Waals surface area contributed by atoms with Gasteiger partial charge in [0.25, 0.3) is 0 Å². The molecule has 2 nitrogen and oxygen atoms in total. The van der Waals surface area contributed by atoms with Crippen LogP contribution in [0, 0.1) is 0 Å². The maximum absolute atomic E-state index is 12.7. The van der Waals surface area contributed by atoms with E-state index in [2.05, 4.69) is 32.9 Å². The minimum absolute atomic E-state index is 0.148. The van der Waals surface area contributed by atoms with E-state index in [0.29, 0.717) is 6.42 Å². The Balaban J connectivity index is 2.25. The van der Waals surface area contributed by atoms with Crippen molar-refractivity contribution in [3.05, 3.63) is 71.8 Å². The van der Waals surface area contributed by atoms with Crippen molar-refractivity contribution in [2.45, 2.75) is 51.4 Å². The Bertz CT molecular complexity index is 613. The molecule has 0 spiro atoms. The summed E-state index contributed by atoms with van der Waals surface area (Å²) in [5.41, 5.74) is 1.87. The molecule has 24 heavy (non-hydrogen) atoms. The Morgan fingerprint density at radius 3 is 1.88 bits per heavy atom. The van der Waals surface area contributed by atoms with Crippen molar-refractivity contribution < 1.29 is 9.22 Å². The third-order valence-corrected chi connectivity index (χ3v) is 9.61. The van der Waals surface area contributed by atoms with Crippen molar-refractivity contribution in [3.8, 4) is 0 Å². The highest BCUT2D eigenvalue weighted by Gasteiger charge is 2.33. The molecule has 0 bridgehead atoms. The summed E-state index contributed by atoms with van der Waals surface area (Å²) in [6.07, 6.45) is 0.258. The minimum Gasteiger partial charge on any atom is -0.409 e. The number of benzene rings is 2. The molecule has 0 fully saturated rings. The van der Waals surface area contributed by atoms with E-state index in [-0.39, 0.29) is 11.9 Å². The number of ketones is 1. The molecule has 2 aromatic carbocycles. The summed E-state index contributed by atoms with van der Waals surface area (Å²) in [4.78, 5) is 12.7. The molecule has 0 saturated carbocycles. The smallest absolute Gasteiger partial charge is 0.192 e. The van der Waals surface area contributed by atoms with E-state index >= 15 is 0 Å². The summed E-state index contributed by atoms with van der Waals surface area (Å²) in [5.74, 6) is 0.149. The molecule has 0 unspecified atom stereocenters. The van der Waals surface area contributed by atoms with Gasteiger partial charge >= 0.3 is 0 Å². The molecule has 1 atom stereocenters. The topological polar surface area (TPSA) is 26.3 Å². The number of carbonyl (C=O) groups is 1. The fraction of sp³-hybridized carbons (Fsp3) is 0.381. The molecule has 0 aliphatic carbocycles. The summed E-state index contributed by atoms with van der Waals surface area (Å²) >= 11 is 0. The van der Waals surface area contributed by atoms with Crippen molar-refractivity contribution in [1.82, 2.24) is 0 Å². The van der Waals surface area contributed by atoms with Crippen molar-refractivity contribution in [2.75, 3.05) is 0 Å². The normalized spacial score (nSPS) is 12.8. The zero-order valence-electron chi connectivity index (χ0n) is 15.0. The first-order valence-electron chi connectivity index (χ1n) is 8.95. The Labute approximate surface area is 147 Å². The van der Waals surface area contributed by atoms with Gasteiger partial charge in [0.1, 0.15) is 0 Å². The standard InChI is InChI=1S/C21H28O2Si/c1-4-24(5-2,6-3)23-21(19-15-11-8-12-16-19)17-20(22)18-13-9-7-10-14-18/h7-16,21H,4-6,17H2,1-3H3/t21-/m1/s1. The van der Waals surface area contributed by atoms with Crippen molar-refractivity contribution >= 4 is 14.1 Å². The lowest BCUT2D eigenvalue weighted by Gasteiger charge is -2.33. The third kappa shape index (κ3) is 4.65. The molecule has 0 aliphatic rings. The van der Waals surface area contributed by atoms with Crippen molar-refractivity contribution in [1.29, 1.82) is 0 Å². The van der Waals surface area contributed by atoms with Gasteiger partial charge in [-0.25, -0.2) is 0 Å². The lowest BCUT2D eigenvalue weighted by molar-refractivity contribution is 0.0895.